The van der Waals surface area contributed by atoms with Crippen molar-refractivity contribution in [3.8, 4) is 0 Å². The molecule has 0 atom stereocenters. The number of nitro groups is 1. The lowest BCUT2D eigenvalue weighted by atomic mass is 10.2. The molecule has 5 nitrogen and oxygen atoms in total. The molecule has 0 fully saturated rings. The average molecular weight is 303 g/mol. The fraction of sp³-hybridized carbons (Fsp3) is 0.133. The Kier molecular flexibility index (Phi) is 4.59. The van der Waals surface area contributed by atoms with Crippen molar-refractivity contribution in [3.05, 3.63) is 69.3 Å². The molecule has 0 spiro atoms. The number of nitro benzene ring substituents is 1. The molecule has 2 rings (SSSR count). The Morgan fingerprint density at radius 1 is 1.29 bits per heavy atom. The summed E-state index contributed by atoms with van der Waals surface area (Å²) in [4.78, 5) is 22.0. The summed E-state index contributed by atoms with van der Waals surface area (Å²) in [6.07, 6.45) is 0. The quantitative estimate of drug-likeness (QED) is 0.515. The van der Waals surface area contributed by atoms with Crippen molar-refractivity contribution in [2.45, 2.75) is 17.6 Å². The minimum Gasteiger partial charge on any atom is -0.477 e. The molecule has 1 N–H and O–H groups in total. The molecule has 2 aromatic rings. The topological polar surface area (TPSA) is 80.4 Å². The summed E-state index contributed by atoms with van der Waals surface area (Å²) in [6, 6.07) is 12.2. The van der Waals surface area contributed by atoms with E-state index in [0.29, 0.717) is 10.6 Å². The standard InChI is InChI=1S/C15H13NO4S/c1-10-4-2-5-11(8-10)9-21-13-7-3-6-12(15(17)18)14(13)16(19)20/h2-8H,9H2,1H3,(H,17,18). The Labute approximate surface area is 125 Å². The van der Waals surface area contributed by atoms with Gasteiger partial charge in [0.2, 0.25) is 0 Å². The number of hydrogen-bond donors (Lipinski definition) is 1. The predicted molar refractivity (Wildman–Crippen MR) is 80.8 cm³/mol. The van der Waals surface area contributed by atoms with Crippen LogP contribution in [0.15, 0.2) is 47.4 Å². The Morgan fingerprint density at radius 2 is 2.00 bits per heavy atom. The first-order valence-corrected chi connectivity index (χ1v) is 7.16. The van der Waals surface area contributed by atoms with Gasteiger partial charge in [-0.2, -0.15) is 0 Å². The molecular formula is C15H13NO4S. The average Bonchev–Trinajstić information content (AvgIpc) is 2.44. The Balaban J connectivity index is 2.30. The molecule has 0 heterocycles. The normalized spacial score (nSPS) is 10.3. The molecule has 0 aromatic heterocycles. The van der Waals surface area contributed by atoms with E-state index in [2.05, 4.69) is 0 Å². The highest BCUT2D eigenvalue weighted by Crippen LogP contribution is 2.34. The number of rotatable bonds is 5. The van der Waals surface area contributed by atoms with E-state index >= 15 is 0 Å². The van der Waals surface area contributed by atoms with Crippen LogP contribution >= 0.6 is 11.8 Å². The number of aromatic carboxylic acids is 1. The van der Waals surface area contributed by atoms with Crippen molar-refractivity contribution < 1.29 is 14.8 Å². The molecule has 0 amide bonds. The van der Waals surface area contributed by atoms with Gasteiger partial charge in [0.1, 0.15) is 5.56 Å². The molecule has 0 aliphatic carbocycles. The molecule has 21 heavy (non-hydrogen) atoms. The van der Waals surface area contributed by atoms with Crippen LogP contribution in [0.1, 0.15) is 21.5 Å². The number of hydrogen-bond acceptors (Lipinski definition) is 4. The maximum absolute atomic E-state index is 11.1. The van der Waals surface area contributed by atoms with E-state index in [1.165, 1.54) is 23.9 Å². The lowest BCUT2D eigenvalue weighted by Crippen LogP contribution is -2.03. The molecular weight excluding hydrogens is 290 g/mol. The largest absolute Gasteiger partial charge is 0.477 e. The van der Waals surface area contributed by atoms with Crippen molar-refractivity contribution in [2.24, 2.45) is 0 Å². The third-order valence-corrected chi connectivity index (χ3v) is 4.01. The van der Waals surface area contributed by atoms with Crippen LogP contribution in [0, 0.1) is 17.0 Å². The van der Waals surface area contributed by atoms with E-state index in [-0.39, 0.29) is 11.3 Å². The van der Waals surface area contributed by atoms with Crippen LogP contribution in [0.4, 0.5) is 5.69 Å². The first kappa shape index (κ1) is 15.1. The van der Waals surface area contributed by atoms with E-state index in [0.717, 1.165) is 11.1 Å². The molecule has 0 radical (unpaired) electrons. The molecule has 0 saturated heterocycles. The van der Waals surface area contributed by atoms with Gasteiger partial charge >= 0.3 is 5.97 Å². The monoisotopic (exact) mass is 303 g/mol. The minimum absolute atomic E-state index is 0.283. The lowest BCUT2D eigenvalue weighted by Gasteiger charge is -2.06. The number of benzene rings is 2. The van der Waals surface area contributed by atoms with Gasteiger partial charge in [0.25, 0.3) is 5.69 Å². The second-order valence-electron chi connectivity index (χ2n) is 4.49. The summed E-state index contributed by atoms with van der Waals surface area (Å²) in [5, 5.41) is 20.2. The maximum Gasteiger partial charge on any atom is 0.342 e. The van der Waals surface area contributed by atoms with Crippen LogP contribution in [-0.4, -0.2) is 16.0 Å². The summed E-state index contributed by atoms with van der Waals surface area (Å²) >= 11 is 1.26. The van der Waals surface area contributed by atoms with E-state index in [9.17, 15) is 14.9 Å². The van der Waals surface area contributed by atoms with Gasteiger partial charge in [-0.15, -0.1) is 11.8 Å². The number of aryl methyl sites for hydroxylation is 1. The highest BCUT2D eigenvalue weighted by molar-refractivity contribution is 7.98. The summed E-state index contributed by atoms with van der Waals surface area (Å²) < 4.78 is 0. The molecule has 2 aromatic carbocycles. The second kappa shape index (κ2) is 6.41. The van der Waals surface area contributed by atoms with Gasteiger partial charge in [-0.1, -0.05) is 35.9 Å². The van der Waals surface area contributed by atoms with Crippen molar-refractivity contribution in [3.63, 3.8) is 0 Å². The SMILES string of the molecule is Cc1cccc(CSc2cccc(C(=O)O)c2[N+](=O)[O-])c1. The van der Waals surface area contributed by atoms with Crippen molar-refractivity contribution in [1.82, 2.24) is 0 Å². The predicted octanol–water partition coefficient (Wildman–Crippen LogP) is 3.89. The van der Waals surface area contributed by atoms with Gasteiger partial charge in [0.05, 0.1) is 9.82 Å². The van der Waals surface area contributed by atoms with E-state index < -0.39 is 10.9 Å². The first-order valence-electron chi connectivity index (χ1n) is 6.18. The van der Waals surface area contributed by atoms with Crippen LogP contribution in [0.3, 0.4) is 0 Å². The molecule has 6 heteroatoms. The lowest BCUT2D eigenvalue weighted by molar-refractivity contribution is -0.388. The zero-order chi connectivity index (χ0) is 15.4. The zero-order valence-electron chi connectivity index (χ0n) is 11.3. The first-order chi connectivity index (χ1) is 9.99. The Bertz CT molecular complexity index is 700. The van der Waals surface area contributed by atoms with Crippen LogP contribution < -0.4 is 0 Å². The van der Waals surface area contributed by atoms with Gasteiger partial charge in [-0.3, -0.25) is 10.1 Å². The van der Waals surface area contributed by atoms with Crippen LogP contribution in [0.25, 0.3) is 0 Å². The maximum atomic E-state index is 11.1. The molecule has 0 bridgehead atoms. The van der Waals surface area contributed by atoms with Crippen LogP contribution in [0.2, 0.25) is 0 Å². The van der Waals surface area contributed by atoms with Crippen LogP contribution in [0.5, 0.6) is 0 Å². The highest BCUT2D eigenvalue weighted by atomic mass is 32.2. The molecule has 0 aliphatic heterocycles. The Hall–Kier alpha value is -2.34. The fourth-order valence-corrected chi connectivity index (χ4v) is 2.96. The summed E-state index contributed by atoms with van der Waals surface area (Å²) in [5.74, 6) is -0.745. The third kappa shape index (κ3) is 3.61. The molecule has 0 aliphatic rings. The molecule has 0 unspecified atom stereocenters. The van der Waals surface area contributed by atoms with Crippen molar-refractivity contribution >= 4 is 23.4 Å². The minimum atomic E-state index is -1.29. The summed E-state index contributed by atoms with van der Waals surface area (Å²) in [5.41, 5.74) is 1.52. The molecule has 108 valence electrons. The van der Waals surface area contributed by atoms with Gasteiger partial charge in [0, 0.05) is 5.75 Å². The number of thioether (sulfide) groups is 1. The van der Waals surface area contributed by atoms with E-state index in [4.69, 9.17) is 5.11 Å². The zero-order valence-corrected chi connectivity index (χ0v) is 12.1. The van der Waals surface area contributed by atoms with Gasteiger partial charge < -0.3 is 5.11 Å². The van der Waals surface area contributed by atoms with Gasteiger partial charge in [-0.05, 0) is 24.6 Å². The van der Waals surface area contributed by atoms with E-state index in [1.54, 1.807) is 6.07 Å². The number of carbonyl (C=O) groups is 1. The fourth-order valence-electron chi connectivity index (χ4n) is 1.96. The third-order valence-electron chi connectivity index (χ3n) is 2.89. The summed E-state index contributed by atoms with van der Waals surface area (Å²) in [7, 11) is 0. The summed E-state index contributed by atoms with van der Waals surface area (Å²) in [6.45, 7) is 1.97. The van der Waals surface area contributed by atoms with Crippen LogP contribution in [-0.2, 0) is 5.75 Å². The number of para-hydroxylation sites is 1. The van der Waals surface area contributed by atoms with Gasteiger partial charge in [0.15, 0.2) is 0 Å². The second-order valence-corrected chi connectivity index (χ2v) is 5.51. The number of nitrogens with zero attached hydrogens (tertiary/aromatic N) is 1. The van der Waals surface area contributed by atoms with Crippen molar-refractivity contribution in [2.75, 3.05) is 0 Å². The smallest absolute Gasteiger partial charge is 0.342 e. The molecule has 0 saturated carbocycles. The Morgan fingerprint density at radius 3 is 2.62 bits per heavy atom. The van der Waals surface area contributed by atoms with Crippen molar-refractivity contribution in [1.29, 1.82) is 0 Å². The number of carboxylic acid groups (broad SMARTS) is 1. The highest BCUT2D eigenvalue weighted by Gasteiger charge is 2.24. The number of carboxylic acids is 1. The van der Waals surface area contributed by atoms with E-state index in [1.807, 2.05) is 31.2 Å². The van der Waals surface area contributed by atoms with Gasteiger partial charge in [-0.25, -0.2) is 4.79 Å².